The first-order chi connectivity index (χ1) is 13.3. The van der Waals surface area contributed by atoms with Crippen molar-refractivity contribution in [3.63, 3.8) is 0 Å². The van der Waals surface area contributed by atoms with Gasteiger partial charge >= 0.3 is 0 Å². The Hall–Kier alpha value is -2.93. The quantitative estimate of drug-likeness (QED) is 0.639. The maximum absolute atomic E-state index is 12.6. The van der Waals surface area contributed by atoms with E-state index in [1.165, 1.54) is 11.3 Å². The Morgan fingerprint density at radius 1 is 1.11 bits per heavy atom. The third-order valence-electron chi connectivity index (χ3n) is 3.96. The number of carbonyl (C=O) groups excluding carboxylic acids is 2. The highest BCUT2D eigenvalue weighted by molar-refractivity contribution is 7.22. The Labute approximate surface area is 167 Å². The number of rotatable bonds is 5. The fourth-order valence-corrected chi connectivity index (χ4v) is 3.33. The van der Waals surface area contributed by atoms with Crippen molar-refractivity contribution in [1.82, 2.24) is 4.98 Å². The van der Waals surface area contributed by atoms with Crippen molar-refractivity contribution >= 4 is 44.2 Å². The summed E-state index contributed by atoms with van der Waals surface area (Å²) < 4.78 is 6.44. The van der Waals surface area contributed by atoms with E-state index in [9.17, 15) is 9.59 Å². The Kier molecular flexibility index (Phi) is 5.65. The van der Waals surface area contributed by atoms with Crippen LogP contribution < -0.4 is 15.4 Å². The van der Waals surface area contributed by atoms with Crippen LogP contribution in [0.25, 0.3) is 10.2 Å². The highest BCUT2D eigenvalue weighted by Gasteiger charge is 2.21. The second-order valence-corrected chi connectivity index (χ2v) is 8.35. The molecular weight excluding hydrogens is 374 g/mol. The predicted octanol–water partition coefficient (Wildman–Crippen LogP) is 4.93. The molecule has 3 rings (SSSR count). The SMILES string of the molecule is CCOc1ccc2nc(NC(=O)c3cccc(NC(=O)C(C)(C)C)c3)sc2c1. The van der Waals surface area contributed by atoms with Gasteiger partial charge in [0.25, 0.3) is 5.91 Å². The maximum Gasteiger partial charge on any atom is 0.257 e. The molecule has 0 spiro atoms. The van der Waals surface area contributed by atoms with Gasteiger partial charge in [-0.25, -0.2) is 4.98 Å². The Bertz CT molecular complexity index is 1020. The molecule has 1 aromatic heterocycles. The zero-order valence-corrected chi connectivity index (χ0v) is 17.1. The molecule has 0 saturated carbocycles. The highest BCUT2D eigenvalue weighted by Crippen LogP contribution is 2.29. The molecule has 0 aliphatic heterocycles. The molecule has 0 saturated heterocycles. The third kappa shape index (κ3) is 4.67. The van der Waals surface area contributed by atoms with E-state index in [4.69, 9.17) is 4.74 Å². The van der Waals surface area contributed by atoms with E-state index in [0.717, 1.165) is 16.0 Å². The van der Waals surface area contributed by atoms with Crippen LogP contribution in [0.1, 0.15) is 38.1 Å². The summed E-state index contributed by atoms with van der Waals surface area (Å²) in [6.07, 6.45) is 0. The highest BCUT2D eigenvalue weighted by atomic mass is 32.1. The Morgan fingerprint density at radius 3 is 2.61 bits per heavy atom. The van der Waals surface area contributed by atoms with Crippen LogP contribution in [-0.4, -0.2) is 23.4 Å². The normalized spacial score (nSPS) is 11.3. The number of hydrogen-bond donors (Lipinski definition) is 2. The van der Waals surface area contributed by atoms with Crippen molar-refractivity contribution < 1.29 is 14.3 Å². The third-order valence-corrected chi connectivity index (χ3v) is 4.89. The van der Waals surface area contributed by atoms with E-state index in [1.807, 2.05) is 45.9 Å². The number of nitrogens with one attached hydrogen (secondary N) is 2. The van der Waals surface area contributed by atoms with Gasteiger partial charge in [-0.05, 0) is 43.3 Å². The van der Waals surface area contributed by atoms with Crippen LogP contribution in [-0.2, 0) is 4.79 Å². The maximum atomic E-state index is 12.6. The van der Waals surface area contributed by atoms with Gasteiger partial charge in [-0.1, -0.05) is 38.2 Å². The lowest BCUT2D eigenvalue weighted by atomic mass is 9.95. The molecule has 2 aromatic carbocycles. The van der Waals surface area contributed by atoms with Gasteiger partial charge in [0.05, 0.1) is 16.8 Å². The van der Waals surface area contributed by atoms with Crippen LogP contribution in [0, 0.1) is 5.41 Å². The average Bonchev–Trinajstić information content (AvgIpc) is 3.03. The Balaban J connectivity index is 1.75. The van der Waals surface area contributed by atoms with Crippen molar-refractivity contribution in [3.05, 3.63) is 48.0 Å². The largest absolute Gasteiger partial charge is 0.494 e. The molecular formula is C21H23N3O3S. The number of aromatic nitrogens is 1. The minimum absolute atomic E-state index is 0.110. The van der Waals surface area contributed by atoms with E-state index < -0.39 is 5.41 Å². The first-order valence-corrected chi connectivity index (χ1v) is 9.84. The van der Waals surface area contributed by atoms with E-state index >= 15 is 0 Å². The summed E-state index contributed by atoms with van der Waals surface area (Å²) >= 11 is 1.39. The molecule has 0 unspecified atom stereocenters. The number of hydrogen-bond acceptors (Lipinski definition) is 5. The zero-order valence-electron chi connectivity index (χ0n) is 16.3. The van der Waals surface area contributed by atoms with Crippen LogP contribution in [0.5, 0.6) is 5.75 Å². The summed E-state index contributed by atoms with van der Waals surface area (Å²) in [6, 6.07) is 12.5. The first kappa shape index (κ1) is 19.8. The van der Waals surface area contributed by atoms with Crippen LogP contribution in [0.3, 0.4) is 0 Å². The smallest absolute Gasteiger partial charge is 0.257 e. The van der Waals surface area contributed by atoms with Crippen LogP contribution in [0.15, 0.2) is 42.5 Å². The van der Waals surface area contributed by atoms with Crippen molar-refractivity contribution in [1.29, 1.82) is 0 Å². The second-order valence-electron chi connectivity index (χ2n) is 7.32. The molecule has 146 valence electrons. The van der Waals surface area contributed by atoms with E-state index in [1.54, 1.807) is 24.3 Å². The summed E-state index contributed by atoms with van der Waals surface area (Å²) in [6.45, 7) is 8.03. The lowest BCUT2D eigenvalue weighted by Gasteiger charge is -2.17. The fourth-order valence-electron chi connectivity index (χ4n) is 2.44. The van der Waals surface area contributed by atoms with Gasteiger partial charge in [0.1, 0.15) is 5.75 Å². The number of nitrogens with zero attached hydrogens (tertiary/aromatic N) is 1. The lowest BCUT2D eigenvalue weighted by Crippen LogP contribution is -2.27. The molecule has 28 heavy (non-hydrogen) atoms. The zero-order chi connectivity index (χ0) is 20.3. The summed E-state index contributed by atoms with van der Waals surface area (Å²) in [4.78, 5) is 29.2. The molecule has 7 heteroatoms. The second kappa shape index (κ2) is 7.98. The van der Waals surface area contributed by atoms with Crippen LogP contribution in [0.4, 0.5) is 10.8 Å². The van der Waals surface area contributed by atoms with E-state index in [0.29, 0.717) is 23.0 Å². The lowest BCUT2D eigenvalue weighted by molar-refractivity contribution is -0.123. The predicted molar refractivity (Wildman–Crippen MR) is 113 cm³/mol. The molecule has 1 heterocycles. The van der Waals surface area contributed by atoms with E-state index in [2.05, 4.69) is 15.6 Å². The van der Waals surface area contributed by atoms with E-state index in [-0.39, 0.29) is 11.8 Å². The van der Waals surface area contributed by atoms with Crippen LogP contribution >= 0.6 is 11.3 Å². The molecule has 0 bridgehead atoms. The summed E-state index contributed by atoms with van der Waals surface area (Å²) in [7, 11) is 0. The summed E-state index contributed by atoms with van der Waals surface area (Å²) in [5, 5.41) is 6.17. The number of anilines is 2. The molecule has 0 aliphatic rings. The number of ether oxygens (including phenoxy) is 1. The number of fused-ring (bicyclic) bond motifs is 1. The number of thiazole rings is 1. The molecule has 6 nitrogen and oxygen atoms in total. The summed E-state index contributed by atoms with van der Waals surface area (Å²) in [5.41, 5.74) is 1.31. The van der Waals surface area contributed by atoms with Gasteiger partial charge in [-0.3, -0.25) is 14.9 Å². The minimum Gasteiger partial charge on any atom is -0.494 e. The van der Waals surface area contributed by atoms with Crippen molar-refractivity contribution in [2.45, 2.75) is 27.7 Å². The molecule has 0 radical (unpaired) electrons. The van der Waals surface area contributed by atoms with Crippen molar-refractivity contribution in [3.8, 4) is 5.75 Å². The number of carbonyl (C=O) groups is 2. The molecule has 2 N–H and O–H groups in total. The Morgan fingerprint density at radius 2 is 1.89 bits per heavy atom. The van der Waals surface area contributed by atoms with Crippen LogP contribution in [0.2, 0.25) is 0 Å². The number of amides is 2. The minimum atomic E-state index is -0.514. The summed E-state index contributed by atoms with van der Waals surface area (Å²) in [5.74, 6) is 0.385. The standard InChI is InChI=1S/C21H23N3O3S/c1-5-27-15-9-10-16-17(12-15)28-20(23-16)24-18(25)13-7-6-8-14(11-13)22-19(26)21(2,3)4/h6-12H,5H2,1-4H3,(H,22,26)(H,23,24,25). The monoisotopic (exact) mass is 397 g/mol. The average molecular weight is 398 g/mol. The van der Waals surface area contributed by atoms with Gasteiger partial charge < -0.3 is 10.1 Å². The molecule has 3 aromatic rings. The number of benzene rings is 2. The first-order valence-electron chi connectivity index (χ1n) is 9.02. The fraction of sp³-hybridized carbons (Fsp3) is 0.286. The topological polar surface area (TPSA) is 80.3 Å². The molecule has 0 fully saturated rings. The van der Waals surface area contributed by atoms with Gasteiger partial charge in [-0.2, -0.15) is 0 Å². The molecule has 2 amide bonds. The van der Waals surface area contributed by atoms with Gasteiger partial charge in [-0.15, -0.1) is 0 Å². The molecule has 0 aliphatic carbocycles. The van der Waals surface area contributed by atoms with Gasteiger partial charge in [0, 0.05) is 16.7 Å². The van der Waals surface area contributed by atoms with Crippen molar-refractivity contribution in [2.24, 2.45) is 5.41 Å². The molecule has 0 atom stereocenters. The van der Waals surface area contributed by atoms with Gasteiger partial charge in [0.15, 0.2) is 5.13 Å². The van der Waals surface area contributed by atoms with Crippen molar-refractivity contribution in [2.75, 3.05) is 17.2 Å². The van der Waals surface area contributed by atoms with Gasteiger partial charge in [0.2, 0.25) is 5.91 Å².